The molecule has 1 aromatic carbocycles. The average molecular weight is 414 g/mol. The Morgan fingerprint density at radius 3 is 2.86 bits per heavy atom. The fourth-order valence-electron chi connectivity index (χ4n) is 3.37. The molecule has 0 radical (unpaired) electrons. The Morgan fingerprint density at radius 1 is 1.36 bits per heavy atom. The molecule has 0 aliphatic rings. The Morgan fingerprint density at radius 2 is 2.18 bits per heavy atom. The van der Waals surface area contributed by atoms with Crippen molar-refractivity contribution in [2.75, 3.05) is 12.9 Å². The van der Waals surface area contributed by atoms with Gasteiger partial charge in [0.1, 0.15) is 0 Å². The first kappa shape index (κ1) is 18.6. The molecular formula is C20H16ClN3O3S. The highest BCUT2D eigenvalue weighted by Crippen LogP contribution is 2.38. The molecule has 0 spiro atoms. The van der Waals surface area contributed by atoms with Gasteiger partial charge in [0.05, 0.1) is 28.1 Å². The lowest BCUT2D eigenvalue weighted by molar-refractivity contribution is 0.156. The standard InChI is InChI=1S/C20H16ClN3O3S/c1-3-27-20(26)24-14-7-6-12(21)9-13(14)16-17(24)15(11-5-4-8-22-10-11)18(28-2)19(25)23-16/h4-10H,3H2,1-2H3,(H,23,25). The van der Waals surface area contributed by atoms with Crippen LogP contribution in [0.2, 0.25) is 5.02 Å². The van der Waals surface area contributed by atoms with Gasteiger partial charge in [0.15, 0.2) is 0 Å². The molecule has 0 aliphatic heterocycles. The lowest BCUT2D eigenvalue weighted by Gasteiger charge is -2.12. The monoisotopic (exact) mass is 413 g/mol. The number of aromatic nitrogens is 3. The molecule has 8 heteroatoms. The number of fused-ring (bicyclic) bond motifs is 3. The Labute approximate surface area is 169 Å². The van der Waals surface area contributed by atoms with Crippen LogP contribution in [0.5, 0.6) is 0 Å². The number of nitrogens with zero attached hydrogens (tertiary/aromatic N) is 2. The zero-order valence-corrected chi connectivity index (χ0v) is 16.7. The lowest BCUT2D eigenvalue weighted by Crippen LogP contribution is -2.16. The van der Waals surface area contributed by atoms with Gasteiger partial charge in [0.2, 0.25) is 0 Å². The van der Waals surface area contributed by atoms with Gasteiger partial charge in [-0.25, -0.2) is 9.36 Å². The second kappa shape index (κ2) is 7.33. The summed E-state index contributed by atoms with van der Waals surface area (Å²) in [5, 5.41) is 1.18. The van der Waals surface area contributed by atoms with E-state index < -0.39 is 6.09 Å². The summed E-state index contributed by atoms with van der Waals surface area (Å²) in [5.41, 5.74) is 2.85. The van der Waals surface area contributed by atoms with Gasteiger partial charge in [0.25, 0.3) is 5.56 Å². The van der Waals surface area contributed by atoms with E-state index >= 15 is 0 Å². The number of thioether (sulfide) groups is 1. The van der Waals surface area contributed by atoms with Crippen molar-refractivity contribution in [3.8, 4) is 11.1 Å². The summed E-state index contributed by atoms with van der Waals surface area (Å²) in [5.74, 6) is 0. The van der Waals surface area contributed by atoms with Crippen molar-refractivity contribution >= 4 is 51.4 Å². The highest BCUT2D eigenvalue weighted by Gasteiger charge is 2.24. The van der Waals surface area contributed by atoms with Crippen molar-refractivity contribution in [3.05, 3.63) is 58.1 Å². The van der Waals surface area contributed by atoms with Gasteiger partial charge < -0.3 is 9.72 Å². The first-order valence-corrected chi connectivity index (χ1v) is 10.2. The summed E-state index contributed by atoms with van der Waals surface area (Å²) in [6.07, 6.45) is 4.64. The first-order valence-electron chi connectivity index (χ1n) is 8.58. The molecule has 0 amide bonds. The summed E-state index contributed by atoms with van der Waals surface area (Å²) in [6.45, 7) is 1.98. The molecule has 4 rings (SSSR count). The number of ether oxygens (including phenoxy) is 1. The molecule has 0 aliphatic carbocycles. The minimum atomic E-state index is -0.519. The Balaban J connectivity index is 2.28. The maximum Gasteiger partial charge on any atom is 0.419 e. The van der Waals surface area contributed by atoms with Crippen LogP contribution in [0, 0.1) is 0 Å². The summed E-state index contributed by atoms with van der Waals surface area (Å²) in [4.78, 5) is 33.3. The van der Waals surface area contributed by atoms with Gasteiger partial charge in [-0.05, 0) is 37.4 Å². The van der Waals surface area contributed by atoms with Crippen LogP contribution < -0.4 is 5.56 Å². The number of pyridine rings is 2. The van der Waals surface area contributed by atoms with E-state index in [1.54, 1.807) is 43.6 Å². The number of nitrogens with one attached hydrogen (secondary N) is 1. The fourth-order valence-corrected chi connectivity index (χ4v) is 4.20. The van der Waals surface area contributed by atoms with E-state index in [1.807, 2.05) is 12.3 Å². The molecule has 0 saturated heterocycles. The molecule has 3 aromatic heterocycles. The number of rotatable bonds is 3. The Hall–Kier alpha value is -2.77. The molecule has 0 fully saturated rings. The SMILES string of the molecule is CCOC(=O)n1c2ccc(Cl)cc2c2[nH]c(=O)c(SC)c(-c3cccnc3)c21. The third-order valence-electron chi connectivity index (χ3n) is 4.44. The van der Waals surface area contributed by atoms with Crippen molar-refractivity contribution in [2.45, 2.75) is 11.8 Å². The van der Waals surface area contributed by atoms with Crippen molar-refractivity contribution < 1.29 is 9.53 Å². The smallest absolute Gasteiger partial charge is 0.419 e. The number of hydrogen-bond donors (Lipinski definition) is 1. The van der Waals surface area contributed by atoms with Crippen LogP contribution in [0.1, 0.15) is 6.92 Å². The molecule has 4 aromatic rings. The zero-order chi connectivity index (χ0) is 19.8. The molecule has 6 nitrogen and oxygen atoms in total. The predicted molar refractivity (Wildman–Crippen MR) is 113 cm³/mol. The molecule has 3 heterocycles. The molecule has 28 heavy (non-hydrogen) atoms. The van der Waals surface area contributed by atoms with Crippen LogP contribution in [-0.4, -0.2) is 33.5 Å². The Bertz CT molecular complexity index is 1260. The van der Waals surface area contributed by atoms with Crippen molar-refractivity contribution in [3.63, 3.8) is 0 Å². The van der Waals surface area contributed by atoms with Crippen molar-refractivity contribution in [1.29, 1.82) is 0 Å². The number of benzene rings is 1. The van der Waals surface area contributed by atoms with Crippen LogP contribution in [0.15, 0.2) is 52.4 Å². The highest BCUT2D eigenvalue weighted by atomic mass is 35.5. The minimum absolute atomic E-state index is 0.231. The first-order chi connectivity index (χ1) is 13.6. The Kier molecular flexibility index (Phi) is 4.87. The molecule has 1 N–H and O–H groups in total. The molecule has 0 bridgehead atoms. The topological polar surface area (TPSA) is 77.0 Å². The maximum atomic E-state index is 12.9. The van der Waals surface area contributed by atoms with E-state index in [1.165, 1.54) is 16.3 Å². The minimum Gasteiger partial charge on any atom is -0.449 e. The van der Waals surface area contributed by atoms with E-state index in [9.17, 15) is 9.59 Å². The molecule has 0 saturated carbocycles. The summed E-state index contributed by atoms with van der Waals surface area (Å²) >= 11 is 7.51. The summed E-state index contributed by atoms with van der Waals surface area (Å²) in [7, 11) is 0. The van der Waals surface area contributed by atoms with E-state index in [0.717, 1.165) is 5.56 Å². The van der Waals surface area contributed by atoms with Crippen molar-refractivity contribution in [1.82, 2.24) is 14.5 Å². The van der Waals surface area contributed by atoms with E-state index in [-0.39, 0.29) is 12.2 Å². The summed E-state index contributed by atoms with van der Waals surface area (Å²) < 4.78 is 6.79. The van der Waals surface area contributed by atoms with Gasteiger partial charge in [0, 0.05) is 33.9 Å². The number of aromatic amines is 1. The van der Waals surface area contributed by atoms with Crippen LogP contribution in [0.4, 0.5) is 4.79 Å². The van der Waals surface area contributed by atoms with Crippen molar-refractivity contribution in [2.24, 2.45) is 0 Å². The van der Waals surface area contributed by atoms with Gasteiger partial charge in [-0.3, -0.25) is 9.78 Å². The van der Waals surface area contributed by atoms with Gasteiger partial charge in [-0.15, -0.1) is 11.8 Å². The van der Waals surface area contributed by atoms with Crippen LogP contribution in [0.25, 0.3) is 33.1 Å². The zero-order valence-electron chi connectivity index (χ0n) is 15.2. The molecule has 0 unspecified atom stereocenters. The summed E-state index contributed by atoms with van der Waals surface area (Å²) in [6, 6.07) is 8.84. The quantitative estimate of drug-likeness (QED) is 0.482. The van der Waals surface area contributed by atoms with E-state index in [0.29, 0.717) is 37.4 Å². The normalized spacial score (nSPS) is 11.2. The van der Waals surface area contributed by atoms with Gasteiger partial charge >= 0.3 is 6.09 Å². The molecular weight excluding hydrogens is 398 g/mol. The second-order valence-electron chi connectivity index (χ2n) is 6.02. The fraction of sp³-hybridized carbons (Fsp3) is 0.150. The van der Waals surface area contributed by atoms with Crippen LogP contribution >= 0.6 is 23.4 Å². The maximum absolute atomic E-state index is 12.9. The lowest BCUT2D eigenvalue weighted by atomic mass is 10.1. The van der Waals surface area contributed by atoms with Gasteiger partial charge in [-0.1, -0.05) is 17.7 Å². The second-order valence-corrected chi connectivity index (χ2v) is 7.28. The van der Waals surface area contributed by atoms with E-state index in [4.69, 9.17) is 16.3 Å². The number of halogens is 1. The number of carbonyl (C=O) groups excluding carboxylic acids is 1. The van der Waals surface area contributed by atoms with Crippen LogP contribution in [0.3, 0.4) is 0 Å². The largest absolute Gasteiger partial charge is 0.449 e. The average Bonchev–Trinajstić information content (AvgIpc) is 3.01. The number of hydrogen-bond acceptors (Lipinski definition) is 5. The third-order valence-corrected chi connectivity index (χ3v) is 5.48. The van der Waals surface area contributed by atoms with Crippen LogP contribution in [-0.2, 0) is 4.74 Å². The predicted octanol–water partition coefficient (Wildman–Crippen LogP) is 4.92. The molecule has 142 valence electrons. The number of carbonyl (C=O) groups is 1. The highest BCUT2D eigenvalue weighted by molar-refractivity contribution is 7.98. The van der Waals surface area contributed by atoms with E-state index in [2.05, 4.69) is 9.97 Å². The third kappa shape index (κ3) is 2.87. The number of H-pyrrole nitrogens is 1. The molecule has 0 atom stereocenters. The van der Waals surface area contributed by atoms with Gasteiger partial charge in [-0.2, -0.15) is 0 Å².